The van der Waals surface area contributed by atoms with Gasteiger partial charge in [0.15, 0.2) is 0 Å². The Labute approximate surface area is 116 Å². The molecule has 0 heterocycles. The molecule has 19 heavy (non-hydrogen) atoms. The van der Waals surface area contributed by atoms with Crippen molar-refractivity contribution < 1.29 is 17.9 Å². The molecule has 0 spiro atoms. The van der Waals surface area contributed by atoms with Gasteiger partial charge in [-0.25, -0.2) is 18.4 Å². The third-order valence-electron chi connectivity index (χ3n) is 3.19. The molecule has 104 valence electrons. The predicted octanol–water partition coefficient (Wildman–Crippen LogP) is 2.01. The molecule has 0 aromatic heterocycles. The smallest absolute Gasteiger partial charge is 0.338 e. The number of nitrogens with two attached hydrogens (primary N) is 1. The zero-order chi connectivity index (χ0) is 14.2. The summed E-state index contributed by atoms with van der Waals surface area (Å²) in [6.45, 7) is 1.63. The Morgan fingerprint density at radius 3 is 2.53 bits per heavy atom. The first-order chi connectivity index (χ1) is 8.79. The van der Waals surface area contributed by atoms with Crippen LogP contribution >= 0.6 is 11.6 Å². The van der Waals surface area contributed by atoms with Gasteiger partial charge in [-0.3, -0.25) is 0 Å². The van der Waals surface area contributed by atoms with Gasteiger partial charge in [0.1, 0.15) is 6.10 Å². The molecule has 0 radical (unpaired) electrons. The molecule has 2 rings (SSSR count). The topological polar surface area (TPSA) is 86.5 Å². The second-order valence-electron chi connectivity index (χ2n) is 4.58. The van der Waals surface area contributed by atoms with Crippen molar-refractivity contribution in [1.82, 2.24) is 0 Å². The van der Waals surface area contributed by atoms with E-state index in [9.17, 15) is 13.2 Å². The lowest BCUT2D eigenvalue weighted by molar-refractivity contribution is 0.00890. The first-order valence-electron chi connectivity index (χ1n) is 5.83. The minimum atomic E-state index is -3.91. The number of primary sulfonamides is 1. The van der Waals surface area contributed by atoms with E-state index in [-0.39, 0.29) is 21.6 Å². The lowest BCUT2D eigenvalue weighted by Gasteiger charge is -2.25. The molecule has 1 aliphatic carbocycles. The minimum Gasteiger partial charge on any atom is -0.459 e. The van der Waals surface area contributed by atoms with Gasteiger partial charge in [0.05, 0.1) is 10.5 Å². The molecule has 1 saturated carbocycles. The summed E-state index contributed by atoms with van der Waals surface area (Å²) < 4.78 is 27.9. The summed E-state index contributed by atoms with van der Waals surface area (Å²) in [5.74, 6) is -0.561. The van der Waals surface area contributed by atoms with Crippen LogP contribution in [-0.2, 0) is 14.8 Å². The van der Waals surface area contributed by atoms with Crippen LogP contribution in [0.15, 0.2) is 17.0 Å². The Morgan fingerprint density at radius 1 is 1.42 bits per heavy atom. The summed E-state index contributed by atoms with van der Waals surface area (Å²) in [6, 6.07) is 2.43. The number of hydrogen-bond donors (Lipinski definition) is 1. The van der Waals surface area contributed by atoms with Crippen molar-refractivity contribution in [3.8, 4) is 0 Å². The molecule has 0 amide bonds. The maximum absolute atomic E-state index is 12.0. The lowest BCUT2D eigenvalue weighted by Crippen LogP contribution is -2.25. The van der Waals surface area contributed by atoms with Crippen molar-refractivity contribution >= 4 is 27.6 Å². The largest absolute Gasteiger partial charge is 0.459 e. The number of rotatable bonds is 3. The van der Waals surface area contributed by atoms with E-state index in [1.165, 1.54) is 12.1 Å². The van der Waals surface area contributed by atoms with Gasteiger partial charge >= 0.3 is 5.97 Å². The second kappa shape index (κ2) is 5.11. The van der Waals surface area contributed by atoms with Gasteiger partial charge in [-0.1, -0.05) is 11.6 Å². The van der Waals surface area contributed by atoms with Gasteiger partial charge in [-0.2, -0.15) is 0 Å². The highest BCUT2D eigenvalue weighted by atomic mass is 35.5. The van der Waals surface area contributed by atoms with E-state index >= 15 is 0 Å². The van der Waals surface area contributed by atoms with Gasteiger partial charge in [0, 0.05) is 5.02 Å². The molecule has 5 nitrogen and oxygen atoms in total. The SMILES string of the molecule is Cc1c(Cl)cc(S(N)(=O)=O)cc1C(=O)OC1CCC1. The number of carbonyl (C=O) groups is 1. The summed E-state index contributed by atoms with van der Waals surface area (Å²) in [5.41, 5.74) is 0.627. The minimum absolute atomic E-state index is 0.0798. The number of carbonyl (C=O) groups excluding carboxylic acids is 1. The van der Waals surface area contributed by atoms with Crippen LogP contribution in [0.5, 0.6) is 0 Å². The summed E-state index contributed by atoms with van der Waals surface area (Å²) in [7, 11) is -3.91. The molecule has 0 bridgehead atoms. The number of benzene rings is 1. The third-order valence-corrected chi connectivity index (χ3v) is 4.48. The fourth-order valence-corrected chi connectivity index (χ4v) is 2.58. The summed E-state index contributed by atoms with van der Waals surface area (Å²) >= 11 is 5.93. The number of halogens is 1. The number of ether oxygens (including phenoxy) is 1. The van der Waals surface area contributed by atoms with E-state index in [2.05, 4.69) is 0 Å². The van der Waals surface area contributed by atoms with E-state index < -0.39 is 16.0 Å². The van der Waals surface area contributed by atoms with Crippen LogP contribution in [0.3, 0.4) is 0 Å². The van der Waals surface area contributed by atoms with Gasteiger partial charge in [-0.15, -0.1) is 0 Å². The molecular weight excluding hydrogens is 290 g/mol. The van der Waals surface area contributed by atoms with Crippen LogP contribution < -0.4 is 5.14 Å². The maximum atomic E-state index is 12.0. The van der Waals surface area contributed by atoms with Crippen molar-refractivity contribution in [2.45, 2.75) is 37.2 Å². The Balaban J connectivity index is 2.37. The van der Waals surface area contributed by atoms with Crippen molar-refractivity contribution in [3.63, 3.8) is 0 Å². The number of hydrogen-bond acceptors (Lipinski definition) is 4. The fraction of sp³-hybridized carbons (Fsp3) is 0.417. The van der Waals surface area contributed by atoms with Crippen LogP contribution in [0, 0.1) is 6.92 Å². The van der Waals surface area contributed by atoms with Crippen LogP contribution in [0.2, 0.25) is 5.02 Å². The molecule has 7 heteroatoms. The molecule has 1 fully saturated rings. The molecule has 1 aliphatic rings. The Morgan fingerprint density at radius 2 is 2.05 bits per heavy atom. The average molecular weight is 304 g/mol. The van der Waals surface area contributed by atoms with Crippen molar-refractivity contribution in [3.05, 3.63) is 28.3 Å². The van der Waals surface area contributed by atoms with E-state index in [0.29, 0.717) is 5.56 Å². The molecule has 0 atom stereocenters. The van der Waals surface area contributed by atoms with Gasteiger partial charge in [0.2, 0.25) is 10.0 Å². The third kappa shape index (κ3) is 3.08. The van der Waals surface area contributed by atoms with Gasteiger partial charge in [-0.05, 0) is 43.9 Å². The van der Waals surface area contributed by atoms with Gasteiger partial charge in [0.25, 0.3) is 0 Å². The number of esters is 1. The van der Waals surface area contributed by atoms with Gasteiger partial charge < -0.3 is 4.74 Å². The zero-order valence-electron chi connectivity index (χ0n) is 10.3. The number of sulfonamides is 1. The Hall–Kier alpha value is -1.11. The molecule has 2 N–H and O–H groups in total. The fourth-order valence-electron chi connectivity index (χ4n) is 1.73. The predicted molar refractivity (Wildman–Crippen MR) is 70.6 cm³/mol. The average Bonchev–Trinajstić information content (AvgIpc) is 2.25. The van der Waals surface area contributed by atoms with Crippen molar-refractivity contribution in [2.24, 2.45) is 5.14 Å². The highest BCUT2D eigenvalue weighted by Gasteiger charge is 2.25. The summed E-state index contributed by atoms with van der Waals surface area (Å²) in [5, 5.41) is 5.22. The first-order valence-corrected chi connectivity index (χ1v) is 7.75. The second-order valence-corrected chi connectivity index (χ2v) is 6.55. The Kier molecular flexibility index (Phi) is 3.85. The Bertz CT molecular complexity index is 623. The quantitative estimate of drug-likeness (QED) is 0.865. The van der Waals surface area contributed by atoms with E-state index in [4.69, 9.17) is 21.5 Å². The molecule has 1 aromatic carbocycles. The van der Waals surface area contributed by atoms with Crippen molar-refractivity contribution in [1.29, 1.82) is 0 Å². The van der Waals surface area contributed by atoms with E-state index in [1.54, 1.807) is 6.92 Å². The maximum Gasteiger partial charge on any atom is 0.338 e. The monoisotopic (exact) mass is 303 g/mol. The van der Waals surface area contributed by atoms with Crippen LogP contribution in [0.4, 0.5) is 0 Å². The van der Waals surface area contributed by atoms with E-state index in [0.717, 1.165) is 19.3 Å². The normalized spacial score (nSPS) is 15.9. The molecule has 1 aromatic rings. The van der Waals surface area contributed by atoms with Crippen LogP contribution in [0.25, 0.3) is 0 Å². The van der Waals surface area contributed by atoms with Crippen LogP contribution in [0.1, 0.15) is 35.2 Å². The van der Waals surface area contributed by atoms with E-state index in [1.807, 2.05) is 0 Å². The molecular formula is C12H14ClNO4S. The molecule has 0 unspecified atom stereocenters. The highest BCUT2D eigenvalue weighted by Crippen LogP contribution is 2.27. The zero-order valence-corrected chi connectivity index (χ0v) is 11.9. The van der Waals surface area contributed by atoms with Crippen molar-refractivity contribution in [2.75, 3.05) is 0 Å². The summed E-state index contributed by atoms with van der Waals surface area (Å²) in [4.78, 5) is 11.8. The lowest BCUT2D eigenvalue weighted by atomic mass is 9.96. The first kappa shape index (κ1) is 14.3. The standard InChI is InChI=1S/C12H14ClNO4S/c1-7-10(12(15)18-8-3-2-4-8)5-9(6-11(7)13)19(14,16)17/h5-6,8H,2-4H2,1H3,(H2,14,16,17). The highest BCUT2D eigenvalue weighted by molar-refractivity contribution is 7.89. The van der Waals surface area contributed by atoms with Crippen LogP contribution in [-0.4, -0.2) is 20.5 Å². The summed E-state index contributed by atoms with van der Waals surface area (Å²) in [6.07, 6.45) is 2.64. The molecule has 0 aliphatic heterocycles. The molecule has 0 saturated heterocycles.